The van der Waals surface area contributed by atoms with Gasteiger partial charge in [0.1, 0.15) is 12.4 Å². The van der Waals surface area contributed by atoms with Gasteiger partial charge in [0.25, 0.3) is 5.56 Å². The Kier molecular flexibility index (Phi) is 5.35. The van der Waals surface area contributed by atoms with Crippen LogP contribution in [0.3, 0.4) is 0 Å². The summed E-state index contributed by atoms with van der Waals surface area (Å²) >= 11 is 0. The molecule has 1 amide bonds. The summed E-state index contributed by atoms with van der Waals surface area (Å²) in [6.07, 6.45) is 3.09. The number of fused-ring (bicyclic) bond motifs is 2. The molecular formula is C25H18FN5O3. The predicted octanol–water partition coefficient (Wildman–Crippen LogP) is 3.30. The molecule has 5 aromatic rings. The molecule has 2 aromatic heterocycles. The Morgan fingerprint density at radius 1 is 0.971 bits per heavy atom. The number of carbonyl (C=O) groups excluding carboxylic acids is 1. The lowest BCUT2D eigenvalue weighted by molar-refractivity contribution is -0.116. The standard InChI is InChI=1S/C25H18FN5O3/c26-19-9-3-5-11-21(19)28-23(32)15-30-14-16(17-7-2-6-12-22(17)30)13-27-31-24(33)18-8-1-4-10-20(18)29-25(31)34/h1-14H,15H2,(H,28,32)(H,29,34). The number of carbonyl (C=O) groups is 1. The molecule has 0 fully saturated rings. The fourth-order valence-electron chi connectivity index (χ4n) is 3.79. The first-order valence-electron chi connectivity index (χ1n) is 10.4. The van der Waals surface area contributed by atoms with Gasteiger partial charge in [-0.25, -0.2) is 9.18 Å². The Labute approximate surface area is 191 Å². The average molecular weight is 455 g/mol. The molecule has 5 rings (SSSR count). The van der Waals surface area contributed by atoms with E-state index < -0.39 is 23.0 Å². The van der Waals surface area contributed by atoms with E-state index in [1.165, 1.54) is 18.3 Å². The number of nitrogens with zero attached hydrogens (tertiary/aromatic N) is 3. The number of rotatable bonds is 5. The van der Waals surface area contributed by atoms with Gasteiger partial charge >= 0.3 is 5.69 Å². The minimum atomic E-state index is -0.659. The van der Waals surface area contributed by atoms with Gasteiger partial charge in [-0.3, -0.25) is 9.59 Å². The summed E-state index contributed by atoms with van der Waals surface area (Å²) in [4.78, 5) is 40.3. The van der Waals surface area contributed by atoms with Crippen molar-refractivity contribution in [2.24, 2.45) is 5.10 Å². The van der Waals surface area contributed by atoms with E-state index in [1.807, 2.05) is 24.3 Å². The van der Waals surface area contributed by atoms with E-state index >= 15 is 0 Å². The number of amides is 1. The van der Waals surface area contributed by atoms with Crippen LogP contribution in [0.4, 0.5) is 10.1 Å². The lowest BCUT2D eigenvalue weighted by atomic mass is 10.2. The van der Waals surface area contributed by atoms with Crippen LogP contribution in [0.5, 0.6) is 0 Å². The predicted molar refractivity (Wildman–Crippen MR) is 129 cm³/mol. The number of para-hydroxylation sites is 3. The molecule has 2 N–H and O–H groups in total. The summed E-state index contributed by atoms with van der Waals surface area (Å²) in [7, 11) is 0. The van der Waals surface area contributed by atoms with Gasteiger partial charge in [-0.15, -0.1) is 4.68 Å². The normalized spacial score (nSPS) is 11.4. The van der Waals surface area contributed by atoms with Crippen molar-refractivity contribution in [1.29, 1.82) is 0 Å². The topological polar surface area (TPSA) is 101 Å². The number of aromatic amines is 1. The zero-order valence-electron chi connectivity index (χ0n) is 17.7. The molecule has 0 bridgehead atoms. The maximum absolute atomic E-state index is 13.9. The van der Waals surface area contributed by atoms with E-state index in [-0.39, 0.29) is 12.2 Å². The molecule has 0 aliphatic heterocycles. The van der Waals surface area contributed by atoms with Crippen LogP contribution in [-0.4, -0.2) is 26.3 Å². The number of benzene rings is 3. The van der Waals surface area contributed by atoms with Crippen LogP contribution in [-0.2, 0) is 11.3 Å². The Hall–Kier alpha value is -4.79. The molecule has 0 aliphatic carbocycles. The van der Waals surface area contributed by atoms with E-state index in [4.69, 9.17) is 0 Å². The highest BCUT2D eigenvalue weighted by Crippen LogP contribution is 2.20. The molecule has 9 heteroatoms. The highest BCUT2D eigenvalue weighted by Gasteiger charge is 2.12. The number of hydrogen-bond donors (Lipinski definition) is 2. The number of aromatic nitrogens is 3. The van der Waals surface area contributed by atoms with Crippen molar-refractivity contribution in [3.8, 4) is 0 Å². The molecule has 0 atom stereocenters. The quantitative estimate of drug-likeness (QED) is 0.398. The molecule has 0 aliphatic rings. The maximum atomic E-state index is 13.9. The first-order valence-corrected chi connectivity index (χ1v) is 10.4. The van der Waals surface area contributed by atoms with Crippen LogP contribution in [0.1, 0.15) is 5.56 Å². The summed E-state index contributed by atoms with van der Waals surface area (Å²) in [5, 5.41) is 7.80. The molecule has 0 unspecified atom stereocenters. The largest absolute Gasteiger partial charge is 0.349 e. The Morgan fingerprint density at radius 2 is 1.68 bits per heavy atom. The van der Waals surface area contributed by atoms with Crippen molar-refractivity contribution in [1.82, 2.24) is 14.2 Å². The summed E-state index contributed by atoms with van der Waals surface area (Å²) in [5.41, 5.74) is 0.680. The van der Waals surface area contributed by atoms with Crippen LogP contribution in [0.15, 0.2) is 93.7 Å². The first-order chi connectivity index (χ1) is 16.5. The molecule has 8 nitrogen and oxygen atoms in total. The van der Waals surface area contributed by atoms with Crippen molar-refractivity contribution in [3.63, 3.8) is 0 Å². The maximum Gasteiger partial charge on any atom is 0.349 e. The zero-order chi connectivity index (χ0) is 23.7. The lowest BCUT2D eigenvalue weighted by Crippen LogP contribution is -2.32. The van der Waals surface area contributed by atoms with Crippen molar-refractivity contribution >= 4 is 39.6 Å². The molecule has 0 saturated carbocycles. The monoisotopic (exact) mass is 455 g/mol. The van der Waals surface area contributed by atoms with E-state index in [2.05, 4.69) is 15.4 Å². The number of hydrogen-bond acceptors (Lipinski definition) is 4. The van der Waals surface area contributed by atoms with Crippen LogP contribution in [0.25, 0.3) is 21.8 Å². The minimum absolute atomic E-state index is 0.0702. The number of nitrogens with one attached hydrogen (secondary N) is 2. The van der Waals surface area contributed by atoms with E-state index in [0.717, 1.165) is 15.6 Å². The van der Waals surface area contributed by atoms with Gasteiger partial charge in [0.15, 0.2) is 0 Å². The van der Waals surface area contributed by atoms with Gasteiger partial charge < -0.3 is 14.9 Å². The molecule has 0 saturated heterocycles. The molecule has 3 aromatic carbocycles. The first kappa shape index (κ1) is 21.1. The fourth-order valence-corrected chi connectivity index (χ4v) is 3.79. The van der Waals surface area contributed by atoms with Crippen molar-refractivity contribution in [2.75, 3.05) is 5.32 Å². The SMILES string of the molecule is O=C(Cn1cc(C=Nn2c(=O)[nH]c3ccccc3c2=O)c2ccccc21)Nc1ccccc1F. The number of anilines is 1. The molecule has 2 heterocycles. The van der Waals surface area contributed by atoms with Crippen LogP contribution < -0.4 is 16.6 Å². The highest BCUT2D eigenvalue weighted by molar-refractivity contribution is 6.00. The summed E-state index contributed by atoms with van der Waals surface area (Å²) in [5.74, 6) is -0.927. The fraction of sp³-hybridized carbons (Fsp3) is 0.0400. The third kappa shape index (κ3) is 3.90. The Morgan fingerprint density at radius 3 is 2.50 bits per heavy atom. The molecule has 0 spiro atoms. The van der Waals surface area contributed by atoms with Gasteiger partial charge in [-0.05, 0) is 30.3 Å². The summed E-state index contributed by atoms with van der Waals surface area (Å²) in [6, 6.07) is 19.9. The smallest absolute Gasteiger partial charge is 0.337 e. The van der Waals surface area contributed by atoms with Crippen molar-refractivity contribution < 1.29 is 9.18 Å². The van der Waals surface area contributed by atoms with Gasteiger partial charge in [0.2, 0.25) is 5.91 Å². The second-order valence-electron chi connectivity index (χ2n) is 7.59. The van der Waals surface area contributed by atoms with Crippen molar-refractivity contribution in [2.45, 2.75) is 6.54 Å². The average Bonchev–Trinajstić information content (AvgIpc) is 3.18. The second kappa shape index (κ2) is 8.62. The van der Waals surface area contributed by atoms with Gasteiger partial charge in [-0.1, -0.05) is 42.5 Å². The van der Waals surface area contributed by atoms with E-state index in [9.17, 15) is 18.8 Å². The van der Waals surface area contributed by atoms with Crippen LogP contribution in [0.2, 0.25) is 0 Å². The highest BCUT2D eigenvalue weighted by atomic mass is 19.1. The van der Waals surface area contributed by atoms with Gasteiger partial charge in [0, 0.05) is 22.7 Å². The lowest BCUT2D eigenvalue weighted by Gasteiger charge is -2.08. The zero-order valence-corrected chi connectivity index (χ0v) is 17.7. The molecule has 34 heavy (non-hydrogen) atoms. The van der Waals surface area contributed by atoms with Crippen molar-refractivity contribution in [3.05, 3.63) is 111 Å². The van der Waals surface area contributed by atoms with E-state index in [1.54, 1.807) is 47.2 Å². The number of halogens is 1. The van der Waals surface area contributed by atoms with Crippen LogP contribution >= 0.6 is 0 Å². The van der Waals surface area contributed by atoms with Crippen LogP contribution in [0, 0.1) is 5.82 Å². The number of H-pyrrole nitrogens is 1. The summed E-state index contributed by atoms with van der Waals surface area (Å²) in [6.45, 7) is -0.0702. The Bertz CT molecular complexity index is 1700. The second-order valence-corrected chi connectivity index (χ2v) is 7.59. The van der Waals surface area contributed by atoms with Gasteiger partial charge in [-0.2, -0.15) is 5.10 Å². The summed E-state index contributed by atoms with van der Waals surface area (Å²) < 4.78 is 16.3. The van der Waals surface area contributed by atoms with E-state index in [0.29, 0.717) is 16.5 Å². The molecule has 0 radical (unpaired) electrons. The third-order valence-electron chi connectivity index (χ3n) is 5.38. The van der Waals surface area contributed by atoms with Gasteiger partial charge in [0.05, 0.1) is 22.8 Å². The molecular weight excluding hydrogens is 437 g/mol. The Balaban J connectivity index is 1.49. The molecule has 168 valence electrons. The third-order valence-corrected chi connectivity index (χ3v) is 5.38. The minimum Gasteiger partial charge on any atom is -0.337 e.